The molecule has 1 aromatic heterocycles. The van der Waals surface area contributed by atoms with Crippen molar-refractivity contribution in [3.8, 4) is 0 Å². The normalized spacial score (nSPS) is 15.0. The average molecular weight is 381 g/mol. The van der Waals surface area contributed by atoms with Gasteiger partial charge in [-0.2, -0.15) is 0 Å². The lowest BCUT2D eigenvalue weighted by Gasteiger charge is -2.34. The van der Waals surface area contributed by atoms with E-state index in [4.69, 9.17) is 0 Å². The number of aromatic nitrogens is 1. The summed E-state index contributed by atoms with van der Waals surface area (Å²) in [6, 6.07) is 9.75. The first kappa shape index (κ1) is 19.5. The maximum Gasteiger partial charge on any atom is 0.269 e. The molecule has 8 heteroatoms. The van der Waals surface area contributed by atoms with Gasteiger partial charge in [-0.15, -0.1) is 0 Å². The third-order valence-corrected chi connectivity index (χ3v) is 4.69. The van der Waals surface area contributed by atoms with Crippen molar-refractivity contribution in [1.82, 2.24) is 9.88 Å². The first-order valence-corrected chi connectivity index (χ1v) is 9.22. The van der Waals surface area contributed by atoms with E-state index in [1.165, 1.54) is 18.2 Å². The number of benzene rings is 1. The van der Waals surface area contributed by atoms with Gasteiger partial charge in [-0.05, 0) is 42.4 Å². The second kappa shape index (κ2) is 9.09. The molecular formula is C20H23N5O3. The fraction of sp³-hybridized carbons (Fsp3) is 0.300. The molecule has 0 atom stereocenters. The number of rotatable bonds is 6. The molecule has 1 fully saturated rings. The van der Waals surface area contributed by atoms with E-state index in [0.717, 1.165) is 38.5 Å². The van der Waals surface area contributed by atoms with E-state index in [9.17, 15) is 14.9 Å². The molecule has 0 saturated carbocycles. The minimum absolute atomic E-state index is 0.0175. The minimum atomic E-state index is -0.458. The van der Waals surface area contributed by atoms with Crippen molar-refractivity contribution in [2.75, 3.05) is 42.9 Å². The molecule has 3 rings (SSSR count). The molecule has 2 heterocycles. The van der Waals surface area contributed by atoms with Gasteiger partial charge < -0.3 is 15.1 Å². The Hall–Kier alpha value is -3.26. The van der Waals surface area contributed by atoms with Crippen molar-refractivity contribution in [3.05, 3.63) is 64.3 Å². The van der Waals surface area contributed by atoms with Crippen LogP contribution >= 0.6 is 0 Å². The first-order chi connectivity index (χ1) is 13.5. The van der Waals surface area contributed by atoms with Gasteiger partial charge in [-0.25, -0.2) is 4.98 Å². The Morgan fingerprint density at radius 3 is 2.46 bits per heavy atom. The van der Waals surface area contributed by atoms with Crippen molar-refractivity contribution < 1.29 is 9.72 Å². The van der Waals surface area contributed by atoms with Crippen LogP contribution in [0, 0.1) is 10.1 Å². The number of likely N-dealkylation sites (N-methyl/N-ethyl adjacent to an activating group) is 1. The first-order valence-electron chi connectivity index (χ1n) is 9.22. The summed E-state index contributed by atoms with van der Waals surface area (Å²) in [7, 11) is 0. The van der Waals surface area contributed by atoms with Gasteiger partial charge in [-0.3, -0.25) is 14.9 Å². The smallest absolute Gasteiger partial charge is 0.269 e. The average Bonchev–Trinajstić information content (AvgIpc) is 2.73. The third kappa shape index (κ3) is 5.14. The van der Waals surface area contributed by atoms with E-state index in [2.05, 4.69) is 27.0 Å². The number of non-ortho nitro benzene ring substituents is 1. The second-order valence-electron chi connectivity index (χ2n) is 6.50. The van der Waals surface area contributed by atoms with Crippen molar-refractivity contribution in [2.45, 2.75) is 6.92 Å². The van der Waals surface area contributed by atoms with Crippen molar-refractivity contribution in [2.24, 2.45) is 0 Å². The molecule has 146 valence electrons. The monoisotopic (exact) mass is 381 g/mol. The third-order valence-electron chi connectivity index (χ3n) is 4.69. The summed E-state index contributed by atoms with van der Waals surface area (Å²) >= 11 is 0. The molecule has 0 spiro atoms. The van der Waals surface area contributed by atoms with Gasteiger partial charge in [-0.1, -0.05) is 6.92 Å². The van der Waals surface area contributed by atoms with E-state index < -0.39 is 4.92 Å². The molecule has 1 N–H and O–H groups in total. The summed E-state index contributed by atoms with van der Waals surface area (Å²) < 4.78 is 0. The largest absolute Gasteiger partial charge is 0.354 e. The molecule has 1 aliphatic rings. The Morgan fingerprint density at radius 1 is 1.18 bits per heavy atom. The summed E-state index contributed by atoms with van der Waals surface area (Å²) in [5.41, 5.74) is 1.35. The number of carbonyl (C=O) groups excluding carboxylic acids is 1. The van der Waals surface area contributed by atoms with Crippen molar-refractivity contribution in [1.29, 1.82) is 0 Å². The summed E-state index contributed by atoms with van der Waals surface area (Å²) in [5.74, 6) is 0.625. The lowest BCUT2D eigenvalue weighted by Crippen LogP contribution is -2.46. The van der Waals surface area contributed by atoms with Gasteiger partial charge in [0.15, 0.2) is 0 Å². The van der Waals surface area contributed by atoms with Crippen LogP contribution in [0.25, 0.3) is 6.08 Å². The van der Waals surface area contributed by atoms with Gasteiger partial charge in [0.2, 0.25) is 5.91 Å². The molecule has 1 saturated heterocycles. The fourth-order valence-electron chi connectivity index (χ4n) is 3.00. The molecule has 28 heavy (non-hydrogen) atoms. The Kier molecular flexibility index (Phi) is 6.33. The van der Waals surface area contributed by atoms with Gasteiger partial charge in [0.05, 0.1) is 16.8 Å². The Morgan fingerprint density at radius 2 is 1.89 bits per heavy atom. The molecule has 0 bridgehead atoms. The Balaban J connectivity index is 1.53. The topological polar surface area (TPSA) is 91.6 Å². The van der Waals surface area contributed by atoms with E-state index >= 15 is 0 Å². The number of piperazine rings is 1. The van der Waals surface area contributed by atoms with Crippen LogP contribution in [0.5, 0.6) is 0 Å². The van der Waals surface area contributed by atoms with Crippen LogP contribution in [-0.2, 0) is 4.79 Å². The van der Waals surface area contributed by atoms with E-state index in [1.54, 1.807) is 24.4 Å². The molecule has 0 radical (unpaired) electrons. The standard InChI is InChI=1S/C20H23N5O3/c1-2-23-11-13-24(14-12-23)19-9-6-17(15-21-19)22-20(26)10-5-16-3-7-18(8-4-16)25(27)28/h3-10,15H,2,11-14H2,1H3,(H,22,26)/b10-5+. The molecule has 1 aromatic carbocycles. The maximum atomic E-state index is 12.1. The van der Waals surface area contributed by atoms with Crippen LogP contribution in [0.15, 0.2) is 48.7 Å². The van der Waals surface area contributed by atoms with Crippen molar-refractivity contribution >= 4 is 29.2 Å². The summed E-state index contributed by atoms with van der Waals surface area (Å²) in [5, 5.41) is 13.4. The van der Waals surface area contributed by atoms with E-state index in [-0.39, 0.29) is 11.6 Å². The number of pyridine rings is 1. The SMILES string of the molecule is CCN1CCN(c2ccc(NC(=O)/C=C/c3ccc([N+](=O)[O-])cc3)cn2)CC1. The summed E-state index contributed by atoms with van der Waals surface area (Å²) in [6.07, 6.45) is 4.65. The number of carbonyl (C=O) groups is 1. The molecule has 0 aliphatic carbocycles. The number of amides is 1. The van der Waals surface area contributed by atoms with Gasteiger partial charge >= 0.3 is 0 Å². The van der Waals surface area contributed by atoms with Crippen LogP contribution in [-0.4, -0.2) is 53.4 Å². The molecule has 1 aliphatic heterocycles. The van der Waals surface area contributed by atoms with Gasteiger partial charge in [0.1, 0.15) is 5.82 Å². The molecule has 8 nitrogen and oxygen atoms in total. The number of anilines is 2. The van der Waals surface area contributed by atoms with Crippen LogP contribution in [0.4, 0.5) is 17.2 Å². The van der Waals surface area contributed by atoms with Crippen LogP contribution < -0.4 is 10.2 Å². The zero-order chi connectivity index (χ0) is 19.9. The highest BCUT2D eigenvalue weighted by Gasteiger charge is 2.16. The number of nitro benzene ring substituents is 1. The number of hydrogen-bond donors (Lipinski definition) is 1. The molecule has 1 amide bonds. The Labute approximate surface area is 163 Å². The lowest BCUT2D eigenvalue weighted by molar-refractivity contribution is -0.384. The lowest BCUT2D eigenvalue weighted by atomic mass is 10.2. The predicted molar refractivity (Wildman–Crippen MR) is 109 cm³/mol. The molecule has 0 unspecified atom stereocenters. The zero-order valence-electron chi connectivity index (χ0n) is 15.7. The molecule has 2 aromatic rings. The highest BCUT2D eigenvalue weighted by molar-refractivity contribution is 6.01. The second-order valence-corrected chi connectivity index (χ2v) is 6.50. The number of nitrogens with zero attached hydrogens (tertiary/aromatic N) is 4. The van der Waals surface area contributed by atoms with E-state index in [0.29, 0.717) is 11.3 Å². The quantitative estimate of drug-likeness (QED) is 0.470. The summed E-state index contributed by atoms with van der Waals surface area (Å²) in [4.78, 5) is 31.4. The van der Waals surface area contributed by atoms with Gasteiger partial charge in [0.25, 0.3) is 5.69 Å². The Bertz CT molecular complexity index is 841. The predicted octanol–water partition coefficient (Wildman–Crippen LogP) is 2.78. The number of nitro groups is 1. The zero-order valence-corrected chi connectivity index (χ0v) is 15.7. The molecular weight excluding hydrogens is 358 g/mol. The highest BCUT2D eigenvalue weighted by Crippen LogP contribution is 2.17. The van der Waals surface area contributed by atoms with Crippen LogP contribution in [0.2, 0.25) is 0 Å². The number of nitrogens with one attached hydrogen (secondary N) is 1. The highest BCUT2D eigenvalue weighted by atomic mass is 16.6. The van der Waals surface area contributed by atoms with Crippen LogP contribution in [0.3, 0.4) is 0 Å². The minimum Gasteiger partial charge on any atom is -0.354 e. The maximum absolute atomic E-state index is 12.1. The summed E-state index contributed by atoms with van der Waals surface area (Å²) in [6.45, 7) is 7.20. The van der Waals surface area contributed by atoms with Gasteiger partial charge in [0, 0.05) is 44.4 Å². The number of hydrogen-bond acceptors (Lipinski definition) is 6. The van der Waals surface area contributed by atoms with Crippen molar-refractivity contribution in [3.63, 3.8) is 0 Å². The fourth-order valence-corrected chi connectivity index (χ4v) is 3.00. The van der Waals surface area contributed by atoms with Crippen LogP contribution in [0.1, 0.15) is 12.5 Å². The van der Waals surface area contributed by atoms with E-state index in [1.807, 2.05) is 12.1 Å².